The van der Waals surface area contributed by atoms with Crippen LogP contribution in [0, 0.1) is 0 Å². The van der Waals surface area contributed by atoms with Crippen molar-refractivity contribution in [3.63, 3.8) is 0 Å². The van der Waals surface area contributed by atoms with E-state index in [1.54, 1.807) is 12.1 Å². The predicted molar refractivity (Wildman–Crippen MR) is 76.2 cm³/mol. The highest BCUT2D eigenvalue weighted by Gasteiger charge is 2.26. The van der Waals surface area contributed by atoms with Gasteiger partial charge in [-0.25, -0.2) is 4.98 Å². The van der Waals surface area contributed by atoms with Crippen LogP contribution in [0.1, 0.15) is 34.8 Å². The molecule has 3 nitrogen and oxygen atoms in total. The SMILES string of the molecule is O=C(Nc1nc(C2CC2)cs1)c1ccc(Br)cc1. The molecule has 5 heteroatoms. The van der Waals surface area contributed by atoms with Gasteiger partial charge in [0.25, 0.3) is 5.91 Å². The third kappa shape index (κ3) is 2.62. The molecule has 0 spiro atoms. The minimum absolute atomic E-state index is 0.112. The fraction of sp³-hybridized carbons (Fsp3) is 0.231. The van der Waals surface area contributed by atoms with E-state index in [9.17, 15) is 4.79 Å². The monoisotopic (exact) mass is 322 g/mol. The number of carbonyl (C=O) groups is 1. The molecule has 92 valence electrons. The molecule has 1 saturated carbocycles. The Hall–Kier alpha value is -1.20. The van der Waals surface area contributed by atoms with Gasteiger partial charge in [0, 0.05) is 21.3 Å². The Labute approximate surface area is 117 Å². The second kappa shape index (κ2) is 4.82. The van der Waals surface area contributed by atoms with Crippen molar-refractivity contribution in [2.24, 2.45) is 0 Å². The second-order valence-corrected chi connectivity index (χ2v) is 6.09. The van der Waals surface area contributed by atoms with E-state index in [1.165, 1.54) is 24.2 Å². The van der Waals surface area contributed by atoms with E-state index in [0.29, 0.717) is 16.6 Å². The molecule has 1 heterocycles. The summed E-state index contributed by atoms with van der Waals surface area (Å²) in [5.41, 5.74) is 1.76. The number of anilines is 1. The van der Waals surface area contributed by atoms with Crippen LogP contribution in [0.3, 0.4) is 0 Å². The van der Waals surface area contributed by atoms with Crippen molar-refractivity contribution in [1.82, 2.24) is 4.98 Å². The van der Waals surface area contributed by atoms with Crippen molar-refractivity contribution in [2.75, 3.05) is 5.32 Å². The van der Waals surface area contributed by atoms with E-state index in [-0.39, 0.29) is 5.91 Å². The highest BCUT2D eigenvalue weighted by Crippen LogP contribution is 2.40. The van der Waals surface area contributed by atoms with Crippen molar-refractivity contribution in [3.05, 3.63) is 45.4 Å². The topological polar surface area (TPSA) is 42.0 Å². The molecular formula is C13H11BrN2OS. The Balaban J connectivity index is 1.70. The summed E-state index contributed by atoms with van der Waals surface area (Å²) in [6.45, 7) is 0. The first-order chi connectivity index (χ1) is 8.72. The zero-order valence-electron chi connectivity index (χ0n) is 9.52. The summed E-state index contributed by atoms with van der Waals surface area (Å²) in [7, 11) is 0. The number of benzene rings is 1. The van der Waals surface area contributed by atoms with Crippen molar-refractivity contribution in [2.45, 2.75) is 18.8 Å². The molecule has 0 bridgehead atoms. The van der Waals surface area contributed by atoms with Gasteiger partial charge in [-0.1, -0.05) is 15.9 Å². The van der Waals surface area contributed by atoms with Gasteiger partial charge >= 0.3 is 0 Å². The van der Waals surface area contributed by atoms with Crippen molar-refractivity contribution in [3.8, 4) is 0 Å². The van der Waals surface area contributed by atoms with E-state index in [0.717, 1.165) is 10.2 Å². The summed E-state index contributed by atoms with van der Waals surface area (Å²) in [4.78, 5) is 16.4. The van der Waals surface area contributed by atoms with Crippen molar-refractivity contribution >= 4 is 38.3 Å². The molecule has 3 rings (SSSR count). The smallest absolute Gasteiger partial charge is 0.257 e. The van der Waals surface area contributed by atoms with Gasteiger partial charge < -0.3 is 0 Å². The molecule has 18 heavy (non-hydrogen) atoms. The molecule has 1 aromatic carbocycles. The van der Waals surface area contributed by atoms with E-state index in [4.69, 9.17) is 0 Å². The number of rotatable bonds is 3. The van der Waals surface area contributed by atoms with Crippen molar-refractivity contribution < 1.29 is 4.79 Å². The molecule has 1 fully saturated rings. The zero-order chi connectivity index (χ0) is 12.5. The molecule has 1 amide bonds. The molecule has 2 aromatic rings. The first-order valence-corrected chi connectivity index (χ1v) is 7.42. The number of halogens is 1. The normalized spacial score (nSPS) is 14.5. The molecule has 0 unspecified atom stereocenters. The summed E-state index contributed by atoms with van der Waals surface area (Å²) < 4.78 is 0.962. The highest BCUT2D eigenvalue weighted by molar-refractivity contribution is 9.10. The quantitative estimate of drug-likeness (QED) is 0.926. The maximum atomic E-state index is 12.0. The molecule has 1 aliphatic carbocycles. The average molecular weight is 323 g/mol. The number of carbonyl (C=O) groups excluding carboxylic acids is 1. The van der Waals surface area contributed by atoms with Gasteiger partial charge in [0.1, 0.15) is 0 Å². The standard InChI is InChI=1S/C13H11BrN2OS/c14-10-5-3-9(4-6-10)12(17)16-13-15-11(7-18-13)8-1-2-8/h3-8H,1-2H2,(H,15,16,17). The summed E-state index contributed by atoms with van der Waals surface area (Å²) in [5.74, 6) is 0.513. The minimum Gasteiger partial charge on any atom is -0.298 e. The number of hydrogen-bond donors (Lipinski definition) is 1. The van der Waals surface area contributed by atoms with Crippen LogP contribution >= 0.6 is 27.3 Å². The van der Waals surface area contributed by atoms with Gasteiger partial charge in [-0.05, 0) is 37.1 Å². The Bertz CT molecular complexity index is 575. The van der Waals surface area contributed by atoms with Crippen LogP contribution in [0.25, 0.3) is 0 Å². The van der Waals surface area contributed by atoms with Gasteiger partial charge in [-0.15, -0.1) is 11.3 Å². The third-order valence-electron chi connectivity index (χ3n) is 2.84. The summed E-state index contributed by atoms with van der Waals surface area (Å²) in [6.07, 6.45) is 2.45. The maximum Gasteiger partial charge on any atom is 0.257 e. The van der Waals surface area contributed by atoms with Gasteiger partial charge in [-0.3, -0.25) is 10.1 Å². The fourth-order valence-corrected chi connectivity index (χ4v) is 2.73. The van der Waals surface area contributed by atoms with Gasteiger partial charge in [0.05, 0.1) is 5.69 Å². The number of amides is 1. The lowest BCUT2D eigenvalue weighted by atomic mass is 10.2. The molecular weight excluding hydrogens is 312 g/mol. The largest absolute Gasteiger partial charge is 0.298 e. The first-order valence-electron chi connectivity index (χ1n) is 5.75. The Morgan fingerprint density at radius 3 is 2.72 bits per heavy atom. The first kappa shape index (κ1) is 11.9. The van der Waals surface area contributed by atoms with Crippen LogP contribution in [0.5, 0.6) is 0 Å². The number of hydrogen-bond acceptors (Lipinski definition) is 3. The lowest BCUT2D eigenvalue weighted by Gasteiger charge is -2.01. The number of nitrogens with one attached hydrogen (secondary N) is 1. The van der Waals surface area contributed by atoms with Crippen LogP contribution in [0.15, 0.2) is 34.1 Å². The van der Waals surface area contributed by atoms with Crippen molar-refractivity contribution in [1.29, 1.82) is 0 Å². The number of nitrogens with zero attached hydrogens (tertiary/aromatic N) is 1. The summed E-state index contributed by atoms with van der Waals surface area (Å²) in [5, 5.41) is 5.56. The molecule has 0 saturated heterocycles. The second-order valence-electron chi connectivity index (χ2n) is 4.31. The Kier molecular flexibility index (Phi) is 3.18. The number of aromatic nitrogens is 1. The molecule has 1 aromatic heterocycles. The van der Waals surface area contributed by atoms with Gasteiger partial charge in [0.2, 0.25) is 0 Å². The lowest BCUT2D eigenvalue weighted by Crippen LogP contribution is -2.11. The Morgan fingerprint density at radius 1 is 1.33 bits per heavy atom. The van der Waals surface area contributed by atoms with Crippen LogP contribution in [-0.2, 0) is 0 Å². The van der Waals surface area contributed by atoms with Crippen LogP contribution < -0.4 is 5.32 Å². The van der Waals surface area contributed by atoms with E-state index < -0.39 is 0 Å². The maximum absolute atomic E-state index is 12.0. The van der Waals surface area contributed by atoms with Gasteiger partial charge in [-0.2, -0.15) is 0 Å². The van der Waals surface area contributed by atoms with E-state index in [1.807, 2.05) is 17.5 Å². The molecule has 0 aliphatic heterocycles. The lowest BCUT2D eigenvalue weighted by molar-refractivity contribution is 0.102. The predicted octanol–water partition coefficient (Wildman–Crippen LogP) is 4.04. The number of thiazole rings is 1. The molecule has 0 atom stereocenters. The minimum atomic E-state index is -0.112. The molecule has 1 N–H and O–H groups in total. The molecule has 1 aliphatic rings. The van der Waals surface area contributed by atoms with Crippen LogP contribution in [-0.4, -0.2) is 10.9 Å². The highest BCUT2D eigenvalue weighted by atomic mass is 79.9. The van der Waals surface area contributed by atoms with Gasteiger partial charge in [0.15, 0.2) is 5.13 Å². The van der Waals surface area contributed by atoms with Crippen LogP contribution in [0.2, 0.25) is 0 Å². The van der Waals surface area contributed by atoms with Crippen LogP contribution in [0.4, 0.5) is 5.13 Å². The Morgan fingerprint density at radius 2 is 2.06 bits per heavy atom. The third-order valence-corrected chi connectivity index (χ3v) is 4.15. The van der Waals surface area contributed by atoms with E-state index >= 15 is 0 Å². The van der Waals surface area contributed by atoms with E-state index in [2.05, 4.69) is 26.2 Å². The molecule has 0 radical (unpaired) electrons. The average Bonchev–Trinajstić information content (AvgIpc) is 3.11. The summed E-state index contributed by atoms with van der Waals surface area (Å²) >= 11 is 4.84. The summed E-state index contributed by atoms with van der Waals surface area (Å²) in [6, 6.07) is 7.28. The fourth-order valence-electron chi connectivity index (χ4n) is 1.68. The zero-order valence-corrected chi connectivity index (χ0v) is 11.9.